The Labute approximate surface area is 447 Å². The van der Waals surface area contributed by atoms with Gasteiger partial charge in [-0.25, -0.2) is 24.4 Å². The van der Waals surface area contributed by atoms with Crippen LogP contribution in [0.3, 0.4) is 0 Å². The van der Waals surface area contributed by atoms with Gasteiger partial charge in [-0.15, -0.1) is 0 Å². The predicted molar refractivity (Wildman–Crippen MR) is 281 cm³/mol. The number of thioether (sulfide) groups is 1. The van der Waals surface area contributed by atoms with Crippen molar-refractivity contribution in [1.29, 1.82) is 5.26 Å². The van der Waals surface area contributed by atoms with Crippen molar-refractivity contribution in [2.24, 2.45) is 17.8 Å². The third-order valence-corrected chi connectivity index (χ3v) is 12.0. The summed E-state index contributed by atoms with van der Waals surface area (Å²) in [7, 11) is 0. The van der Waals surface area contributed by atoms with Crippen molar-refractivity contribution in [3.05, 3.63) is 82.5 Å². The monoisotopic (exact) mass is 1070 g/mol. The molecule has 0 saturated heterocycles. The van der Waals surface area contributed by atoms with Gasteiger partial charge in [0, 0.05) is 54.1 Å². The molecule has 4 N–H and O–H groups in total. The van der Waals surface area contributed by atoms with Crippen molar-refractivity contribution in [2.75, 3.05) is 25.5 Å². The summed E-state index contributed by atoms with van der Waals surface area (Å²) in [5.74, 6) is -3.66. The Hall–Kier alpha value is -7.16. The number of nitrogen functional groups attached to an aromatic ring is 1. The van der Waals surface area contributed by atoms with Gasteiger partial charge in [0.1, 0.15) is 65.2 Å². The molecule has 0 aliphatic heterocycles. The molecule has 21 heteroatoms. The number of benzene rings is 2. The molecule has 0 unspecified atom stereocenters. The highest BCUT2D eigenvalue weighted by atomic mass is 35.5. The van der Waals surface area contributed by atoms with E-state index in [2.05, 4.69) is 31.5 Å². The number of nitrogens with one attached hydrogen (secondary N) is 2. The first-order valence-corrected chi connectivity index (χ1v) is 25.7. The molecule has 3 atom stereocenters. The van der Waals surface area contributed by atoms with Crippen LogP contribution in [0.2, 0.25) is 5.02 Å². The van der Waals surface area contributed by atoms with Crippen molar-refractivity contribution in [3.8, 4) is 34.4 Å². The Morgan fingerprint density at radius 3 is 2.12 bits per heavy atom. The minimum Gasteiger partial charge on any atom is -0.490 e. The number of ketones is 1. The van der Waals surface area contributed by atoms with Crippen LogP contribution in [0.4, 0.5) is 16.3 Å². The fourth-order valence-corrected chi connectivity index (χ4v) is 8.05. The molecular weight excluding hydrogens is 1010 g/mol. The first kappa shape index (κ1) is 60.4. The largest absolute Gasteiger partial charge is 0.490 e. The summed E-state index contributed by atoms with van der Waals surface area (Å²) in [5, 5.41) is 16.4. The van der Waals surface area contributed by atoms with E-state index in [0.29, 0.717) is 22.2 Å². The molecule has 19 nitrogen and oxygen atoms in total. The maximum absolute atomic E-state index is 13.8. The van der Waals surface area contributed by atoms with Gasteiger partial charge in [-0.1, -0.05) is 63.2 Å². The molecule has 0 fully saturated rings. The Morgan fingerprint density at radius 1 is 0.867 bits per heavy atom. The van der Waals surface area contributed by atoms with Crippen molar-refractivity contribution in [2.45, 2.75) is 135 Å². The zero-order valence-electron chi connectivity index (χ0n) is 44.0. The van der Waals surface area contributed by atoms with Crippen LogP contribution in [0, 0.1) is 35.7 Å². The number of nitrogens with two attached hydrogens (primary N) is 1. The average molecular weight is 1070 g/mol. The fraction of sp³-hybridized carbons (Fsp3) is 0.481. The molecule has 0 spiro atoms. The van der Waals surface area contributed by atoms with Crippen molar-refractivity contribution in [3.63, 3.8) is 0 Å². The Balaban J connectivity index is 1.52. The van der Waals surface area contributed by atoms with Crippen LogP contribution >= 0.6 is 23.4 Å². The Bertz CT molecular complexity index is 2720. The number of ether oxygens (including phenoxy) is 5. The van der Waals surface area contributed by atoms with Crippen LogP contribution in [0.5, 0.6) is 5.75 Å². The molecule has 0 radical (unpaired) electrons. The quantitative estimate of drug-likeness (QED) is 0.0241. The van der Waals surface area contributed by atoms with Crippen molar-refractivity contribution < 1.29 is 56.9 Å². The van der Waals surface area contributed by atoms with E-state index in [1.165, 1.54) is 18.0 Å². The highest BCUT2D eigenvalue weighted by Gasteiger charge is 2.32. The van der Waals surface area contributed by atoms with Gasteiger partial charge in [0.2, 0.25) is 17.5 Å². The first-order valence-electron chi connectivity index (χ1n) is 24.3. The minimum atomic E-state index is -1.24. The highest BCUT2D eigenvalue weighted by Crippen LogP contribution is 2.42. The number of hydrogen-bond acceptors (Lipinski definition) is 17. The third kappa shape index (κ3) is 19.9. The number of halogens is 1. The number of anilines is 1. The van der Waals surface area contributed by atoms with Crippen LogP contribution < -0.4 is 21.1 Å². The fourth-order valence-electron chi connectivity index (χ4n) is 7.05. The molecule has 2 amide bonds. The van der Waals surface area contributed by atoms with Gasteiger partial charge in [0.25, 0.3) is 0 Å². The van der Waals surface area contributed by atoms with Gasteiger partial charge in [-0.3, -0.25) is 19.2 Å². The molecule has 0 aliphatic carbocycles. The SMILES string of the molecule is [C-]#[N+]c1c(N)nc(SCc2coc(-c3ccc(Cl)cc3)n2)c(C#N)c1-c1ccc(OC[C@@H](COC(=O)[C@@H](CC(=O)CCCC(=O)OC(C)(C)C)C(C)C)OC(=O)[C@@H](NC(=O)CCNC(=O)OC(C)(C)C)C(C)C)cc1. The van der Waals surface area contributed by atoms with E-state index in [1.54, 1.807) is 118 Å². The lowest BCUT2D eigenvalue weighted by atomic mass is 9.89. The number of oxazole rings is 1. The highest BCUT2D eigenvalue weighted by molar-refractivity contribution is 7.98. The molecular formula is C54H66ClN7O12S. The van der Waals surface area contributed by atoms with Gasteiger partial charge < -0.3 is 44.5 Å². The number of amides is 2. The van der Waals surface area contributed by atoms with Crippen LogP contribution in [0.25, 0.3) is 27.4 Å². The van der Waals surface area contributed by atoms with Gasteiger partial charge in [-0.2, -0.15) is 5.26 Å². The number of pyridine rings is 1. The summed E-state index contributed by atoms with van der Waals surface area (Å²) in [6, 6.07) is 14.4. The maximum atomic E-state index is 13.8. The molecule has 0 bridgehead atoms. The summed E-state index contributed by atoms with van der Waals surface area (Å²) in [6.45, 7) is 24.3. The van der Waals surface area contributed by atoms with Gasteiger partial charge >= 0.3 is 24.0 Å². The number of esters is 3. The molecule has 402 valence electrons. The van der Waals surface area contributed by atoms with E-state index in [0.717, 1.165) is 5.56 Å². The summed E-state index contributed by atoms with van der Waals surface area (Å²) in [5.41, 5.74) is 6.96. The van der Waals surface area contributed by atoms with Crippen molar-refractivity contribution in [1.82, 2.24) is 20.6 Å². The number of rotatable bonds is 25. The lowest BCUT2D eigenvalue weighted by Gasteiger charge is -2.26. The Morgan fingerprint density at radius 2 is 1.52 bits per heavy atom. The summed E-state index contributed by atoms with van der Waals surface area (Å²) >= 11 is 7.22. The minimum absolute atomic E-state index is 0.0295. The standard InChI is InChI=1S/C54H66ClN7O12S/c1-31(2)40(25-37(63)13-12-14-43(65)73-53(5,6)7)50(66)71-29-39(72-51(67)45(32(3)4)61-42(64)23-24-59-52(68)74-54(8,9)10)28-69-38-21-17-33(18-22-38)44-41(26-56)49(62-47(57)46(44)58-11)75-30-36-27-70-48(60-36)34-15-19-35(55)20-16-34/h15-22,27,31-32,39-40,45H,12-14,23-25,28-30H2,1-10H3,(H2,57,62)(H,59,68)(H,61,64)/t39-,40-,45-/m0/s1. The Kier molecular flexibility index (Phi) is 22.5. The summed E-state index contributed by atoms with van der Waals surface area (Å²) < 4.78 is 33.9. The van der Waals surface area contributed by atoms with Crippen LogP contribution in [0.1, 0.15) is 113 Å². The van der Waals surface area contributed by atoms with E-state index in [-0.39, 0.29) is 96.1 Å². The zero-order valence-corrected chi connectivity index (χ0v) is 45.6. The number of Topliss-reactive ketones (excluding diaryl/α,β-unsaturated/α-hetero) is 1. The number of carbonyl (C=O) groups is 6. The second-order valence-electron chi connectivity index (χ2n) is 20.1. The van der Waals surface area contributed by atoms with Crippen molar-refractivity contribution >= 4 is 70.6 Å². The van der Waals surface area contributed by atoms with Gasteiger partial charge in [0.05, 0.1) is 23.7 Å². The van der Waals surface area contributed by atoms with Crippen LogP contribution in [-0.2, 0) is 48.7 Å². The van der Waals surface area contributed by atoms with E-state index in [4.69, 9.17) is 52.0 Å². The van der Waals surface area contributed by atoms with E-state index in [9.17, 15) is 34.0 Å². The molecule has 4 rings (SSSR count). The smallest absolute Gasteiger partial charge is 0.407 e. The molecule has 0 aliphatic rings. The molecule has 0 saturated carbocycles. The average Bonchev–Trinajstić information content (AvgIpc) is 3.80. The molecule has 2 heterocycles. The molecule has 4 aromatic rings. The predicted octanol–water partition coefficient (Wildman–Crippen LogP) is 9.99. The van der Waals surface area contributed by atoms with Gasteiger partial charge in [0.15, 0.2) is 6.10 Å². The molecule has 75 heavy (non-hydrogen) atoms. The number of nitrogens with zero attached hydrogens (tertiary/aromatic N) is 4. The third-order valence-electron chi connectivity index (χ3n) is 10.7. The van der Waals surface area contributed by atoms with Crippen LogP contribution in [-0.4, -0.2) is 88.8 Å². The number of hydrogen-bond donors (Lipinski definition) is 3. The number of carbonyl (C=O) groups excluding carboxylic acids is 6. The lowest BCUT2D eigenvalue weighted by molar-refractivity contribution is -0.166. The van der Waals surface area contributed by atoms with E-state index >= 15 is 0 Å². The lowest BCUT2D eigenvalue weighted by Crippen LogP contribution is -2.48. The normalized spacial score (nSPS) is 12.6. The maximum Gasteiger partial charge on any atom is 0.407 e. The zero-order chi connectivity index (χ0) is 55.6. The number of alkyl carbamates (subject to hydrolysis) is 1. The second-order valence-corrected chi connectivity index (χ2v) is 21.5. The van der Waals surface area contributed by atoms with Crippen LogP contribution in [0.15, 0.2) is 64.2 Å². The second kappa shape index (κ2) is 27.9. The number of nitriles is 1. The number of aromatic nitrogens is 2. The van der Waals surface area contributed by atoms with E-state index < -0.39 is 71.7 Å². The molecule has 2 aromatic carbocycles. The molecule has 2 aromatic heterocycles. The first-order chi connectivity index (χ1) is 35.3. The van der Waals surface area contributed by atoms with Gasteiger partial charge in [-0.05, 0) is 102 Å². The summed E-state index contributed by atoms with van der Waals surface area (Å²) in [6.07, 6.45) is -0.452. The summed E-state index contributed by atoms with van der Waals surface area (Å²) in [4.78, 5) is 90.4. The van der Waals surface area contributed by atoms with E-state index in [1.807, 2.05) is 0 Å². The topological polar surface area (TPSA) is 266 Å².